The minimum absolute atomic E-state index is 0.0350. The Morgan fingerprint density at radius 3 is 2.45 bits per heavy atom. The van der Waals surface area contributed by atoms with Gasteiger partial charge in [-0.05, 0) is 50.5 Å². The van der Waals surface area contributed by atoms with Crippen molar-refractivity contribution < 1.29 is 24.6 Å². The van der Waals surface area contributed by atoms with Gasteiger partial charge in [-0.15, -0.1) is 0 Å². The first-order valence-electron chi connectivity index (χ1n) is 10.3. The molecule has 29 heavy (non-hydrogen) atoms. The van der Waals surface area contributed by atoms with Crippen molar-refractivity contribution in [1.29, 1.82) is 0 Å². The number of aryl methyl sites for hydroxylation is 1. The van der Waals surface area contributed by atoms with E-state index >= 15 is 0 Å². The van der Waals surface area contributed by atoms with E-state index in [0.717, 1.165) is 31.2 Å². The first-order valence-corrected chi connectivity index (χ1v) is 10.3. The van der Waals surface area contributed by atoms with Gasteiger partial charge in [0.1, 0.15) is 0 Å². The fourth-order valence-electron chi connectivity index (χ4n) is 5.07. The van der Waals surface area contributed by atoms with Gasteiger partial charge in [0.05, 0.1) is 11.5 Å². The van der Waals surface area contributed by atoms with Gasteiger partial charge in [-0.1, -0.05) is 43.2 Å². The molecular weight excluding hydrogens is 372 g/mol. The number of Topliss-reactive ketones (excluding diaryl/α,β-unsaturated/α-hetero) is 1. The van der Waals surface area contributed by atoms with Crippen LogP contribution in [0.4, 0.5) is 0 Å². The lowest BCUT2D eigenvalue weighted by atomic mass is 9.71. The molecule has 1 aliphatic heterocycles. The van der Waals surface area contributed by atoms with Crippen molar-refractivity contribution in [3.05, 3.63) is 35.9 Å². The number of hydrogen-bond donors (Lipinski definition) is 4. The number of carboxylic acid groups (broad SMARTS) is 2. The van der Waals surface area contributed by atoms with Crippen molar-refractivity contribution in [3.8, 4) is 0 Å². The minimum atomic E-state index is -1.82. The largest absolute Gasteiger partial charge is 0.481 e. The van der Waals surface area contributed by atoms with E-state index in [9.17, 15) is 24.6 Å². The van der Waals surface area contributed by atoms with E-state index in [1.54, 1.807) is 0 Å². The van der Waals surface area contributed by atoms with Crippen LogP contribution >= 0.6 is 0 Å². The number of carbonyl (C=O) groups excluding carboxylic acids is 1. The van der Waals surface area contributed by atoms with Crippen LogP contribution in [0.5, 0.6) is 0 Å². The fourth-order valence-corrected chi connectivity index (χ4v) is 5.07. The van der Waals surface area contributed by atoms with Crippen molar-refractivity contribution in [3.63, 3.8) is 0 Å². The Balaban J connectivity index is 1.84. The highest BCUT2D eigenvalue weighted by atomic mass is 16.4. The summed E-state index contributed by atoms with van der Waals surface area (Å²) in [7, 11) is 0. The number of nitrogens with two attached hydrogens (primary N) is 1. The van der Waals surface area contributed by atoms with Crippen LogP contribution in [0, 0.1) is 11.8 Å². The molecule has 5 atom stereocenters. The maximum Gasteiger partial charge on any atom is 0.331 e. The van der Waals surface area contributed by atoms with Crippen LogP contribution in [-0.2, 0) is 20.8 Å². The number of fused-ring (bicyclic) bond motifs is 1. The van der Waals surface area contributed by atoms with Crippen molar-refractivity contribution in [2.24, 2.45) is 17.6 Å². The molecule has 7 nitrogen and oxygen atoms in total. The van der Waals surface area contributed by atoms with Gasteiger partial charge in [0.2, 0.25) is 0 Å². The van der Waals surface area contributed by atoms with Crippen LogP contribution in [0.25, 0.3) is 0 Å². The highest BCUT2D eigenvalue weighted by molar-refractivity contribution is 6.13. The van der Waals surface area contributed by atoms with E-state index in [-0.39, 0.29) is 24.8 Å². The van der Waals surface area contributed by atoms with Crippen molar-refractivity contribution in [2.45, 2.75) is 69.0 Å². The Kier molecular flexibility index (Phi) is 6.10. The van der Waals surface area contributed by atoms with Gasteiger partial charge in [-0.2, -0.15) is 0 Å². The summed E-state index contributed by atoms with van der Waals surface area (Å²) in [6, 6.07) is 9.33. The van der Waals surface area contributed by atoms with Crippen LogP contribution in [0.3, 0.4) is 0 Å². The van der Waals surface area contributed by atoms with Gasteiger partial charge in [-0.25, -0.2) is 4.79 Å². The van der Waals surface area contributed by atoms with Crippen molar-refractivity contribution in [1.82, 2.24) is 5.32 Å². The molecular formula is C22H30N2O5. The summed E-state index contributed by atoms with van der Waals surface area (Å²) in [5.41, 5.74) is 3.65. The van der Waals surface area contributed by atoms with Gasteiger partial charge in [0.15, 0.2) is 11.3 Å². The Morgan fingerprint density at radius 2 is 1.86 bits per heavy atom. The van der Waals surface area contributed by atoms with E-state index < -0.39 is 34.7 Å². The van der Waals surface area contributed by atoms with Crippen molar-refractivity contribution >= 4 is 17.7 Å². The predicted octanol–water partition coefficient (Wildman–Crippen LogP) is 1.98. The molecule has 0 bridgehead atoms. The third kappa shape index (κ3) is 4.07. The summed E-state index contributed by atoms with van der Waals surface area (Å²) in [4.78, 5) is 37.8. The third-order valence-electron chi connectivity index (χ3n) is 6.74. The zero-order valence-corrected chi connectivity index (χ0v) is 16.8. The predicted molar refractivity (Wildman–Crippen MR) is 107 cm³/mol. The highest BCUT2D eigenvalue weighted by Gasteiger charge is 2.60. The molecule has 1 aliphatic carbocycles. The van der Waals surface area contributed by atoms with Crippen LogP contribution in [-0.4, -0.2) is 45.1 Å². The normalized spacial score (nSPS) is 29.4. The smallest absolute Gasteiger partial charge is 0.331 e. The summed E-state index contributed by atoms with van der Waals surface area (Å²) in [5, 5.41) is 22.9. The molecule has 0 amide bonds. The SMILES string of the molecule is CC(N)(C(=O)C1(C(=O)O)CC2CCCCC2N1)C(CCc1ccccc1)C(=O)O. The molecule has 1 heterocycles. The molecule has 5 unspecified atom stereocenters. The summed E-state index contributed by atoms with van der Waals surface area (Å²) in [6.45, 7) is 1.37. The molecule has 3 rings (SSSR count). The molecule has 0 radical (unpaired) electrons. The van der Waals surface area contributed by atoms with Gasteiger partial charge in [0.25, 0.3) is 0 Å². The van der Waals surface area contributed by atoms with E-state index in [2.05, 4.69) is 5.32 Å². The summed E-state index contributed by atoms with van der Waals surface area (Å²) in [5.74, 6) is -4.26. The maximum absolute atomic E-state index is 13.5. The molecule has 158 valence electrons. The Labute approximate surface area is 170 Å². The molecule has 1 saturated heterocycles. The van der Waals surface area contributed by atoms with Gasteiger partial charge in [-0.3, -0.25) is 14.9 Å². The lowest BCUT2D eigenvalue weighted by Gasteiger charge is -2.37. The minimum Gasteiger partial charge on any atom is -0.481 e. The first kappa shape index (κ1) is 21.5. The number of carbonyl (C=O) groups is 3. The third-order valence-corrected chi connectivity index (χ3v) is 6.74. The molecule has 1 aromatic carbocycles. The molecule has 7 heteroatoms. The van der Waals surface area contributed by atoms with E-state index in [0.29, 0.717) is 6.42 Å². The molecule has 0 spiro atoms. The van der Waals surface area contributed by atoms with E-state index in [1.807, 2.05) is 30.3 Å². The Bertz CT molecular complexity index is 763. The second kappa shape index (κ2) is 8.24. The first-order chi connectivity index (χ1) is 13.7. The Morgan fingerprint density at radius 1 is 1.21 bits per heavy atom. The van der Waals surface area contributed by atoms with E-state index in [1.165, 1.54) is 6.92 Å². The second-order valence-electron chi connectivity index (χ2n) is 8.74. The molecule has 1 aromatic rings. The number of ketones is 1. The monoisotopic (exact) mass is 402 g/mol. The number of nitrogens with one attached hydrogen (secondary N) is 1. The van der Waals surface area contributed by atoms with Crippen LogP contribution in [0.1, 0.15) is 51.0 Å². The molecule has 1 saturated carbocycles. The van der Waals surface area contributed by atoms with Crippen LogP contribution < -0.4 is 11.1 Å². The standard InChI is InChI=1S/C22H30N2O5/c1-21(23,16(18(25)26)12-11-14-7-3-2-4-8-14)19(27)22(20(28)29)13-15-9-5-6-10-17(15)24-22/h2-4,7-8,15-17,24H,5-6,9-13,23H2,1H3,(H,25,26)(H,28,29). The quantitative estimate of drug-likeness (QED) is 0.489. The van der Waals surface area contributed by atoms with Gasteiger partial charge >= 0.3 is 11.9 Å². The zero-order chi connectivity index (χ0) is 21.2. The molecule has 0 aromatic heterocycles. The Hall–Kier alpha value is -2.25. The summed E-state index contributed by atoms with van der Waals surface area (Å²) >= 11 is 0. The second-order valence-corrected chi connectivity index (χ2v) is 8.74. The van der Waals surface area contributed by atoms with Gasteiger partial charge in [0, 0.05) is 6.04 Å². The number of rotatable bonds is 8. The molecule has 2 aliphatic rings. The molecule has 2 fully saturated rings. The fraction of sp³-hybridized carbons (Fsp3) is 0.591. The lowest BCUT2D eigenvalue weighted by Crippen LogP contribution is -2.68. The summed E-state index contributed by atoms with van der Waals surface area (Å²) in [6.07, 6.45) is 4.47. The summed E-state index contributed by atoms with van der Waals surface area (Å²) < 4.78 is 0. The number of benzene rings is 1. The van der Waals surface area contributed by atoms with Crippen LogP contribution in [0.15, 0.2) is 30.3 Å². The number of hydrogen-bond acceptors (Lipinski definition) is 5. The lowest BCUT2D eigenvalue weighted by molar-refractivity contribution is -0.156. The highest BCUT2D eigenvalue weighted by Crippen LogP contribution is 2.41. The average molecular weight is 402 g/mol. The van der Waals surface area contributed by atoms with Crippen LogP contribution in [0.2, 0.25) is 0 Å². The maximum atomic E-state index is 13.5. The average Bonchev–Trinajstić information content (AvgIpc) is 3.09. The molecule has 5 N–H and O–H groups in total. The van der Waals surface area contributed by atoms with E-state index in [4.69, 9.17) is 5.73 Å². The topological polar surface area (TPSA) is 130 Å². The zero-order valence-electron chi connectivity index (χ0n) is 16.8. The van der Waals surface area contributed by atoms with Gasteiger partial charge < -0.3 is 15.9 Å². The number of aliphatic carboxylic acids is 2. The number of carboxylic acids is 2. The van der Waals surface area contributed by atoms with Crippen molar-refractivity contribution in [2.75, 3.05) is 0 Å².